The Kier molecular flexibility index (Phi) is 6.66. The van der Waals surface area contributed by atoms with Crippen LogP contribution in [0.4, 0.5) is 8.78 Å². The molecule has 0 radical (unpaired) electrons. The van der Waals surface area contributed by atoms with Crippen molar-refractivity contribution >= 4 is 18.0 Å². The molecule has 2 rings (SSSR count). The number of furan rings is 1. The zero-order valence-electron chi connectivity index (χ0n) is 13.6. The lowest BCUT2D eigenvalue weighted by Gasteiger charge is -2.09. The van der Waals surface area contributed by atoms with Crippen LogP contribution in [0.2, 0.25) is 0 Å². The maximum absolute atomic E-state index is 12.3. The number of amides is 2. The molecule has 1 aromatic carbocycles. The van der Waals surface area contributed by atoms with E-state index in [0.29, 0.717) is 11.3 Å². The summed E-state index contributed by atoms with van der Waals surface area (Å²) in [6.45, 7) is -2.92. The summed E-state index contributed by atoms with van der Waals surface area (Å²) in [4.78, 5) is 23.2. The molecule has 2 N–H and O–H groups in total. The highest BCUT2D eigenvalue weighted by Crippen LogP contribution is 2.28. The third-order valence-corrected chi connectivity index (χ3v) is 2.99. The number of ether oxygens (including phenoxy) is 2. The lowest BCUT2D eigenvalue weighted by molar-refractivity contribution is -0.139. The quantitative estimate of drug-likeness (QED) is 0.440. The summed E-state index contributed by atoms with van der Waals surface area (Å²) < 4.78 is 38.8. The van der Waals surface area contributed by atoms with Gasteiger partial charge >= 0.3 is 18.4 Å². The number of hydrogen-bond donors (Lipinski definition) is 2. The number of nitrogens with one attached hydrogen (secondary N) is 2. The third kappa shape index (κ3) is 5.58. The number of halogens is 2. The molecule has 0 aliphatic heterocycles. The Morgan fingerprint density at radius 2 is 2.08 bits per heavy atom. The average Bonchev–Trinajstić information content (AvgIpc) is 3.13. The summed E-state index contributed by atoms with van der Waals surface area (Å²) in [5.41, 5.74) is 2.47. The summed E-state index contributed by atoms with van der Waals surface area (Å²) in [7, 11) is 1.29. The maximum Gasteiger partial charge on any atom is 0.387 e. The second kappa shape index (κ2) is 9.16. The Bertz CT molecular complexity index is 778. The summed E-state index contributed by atoms with van der Waals surface area (Å²) in [6, 6.07) is 7.37. The van der Waals surface area contributed by atoms with Crippen LogP contribution in [0, 0.1) is 0 Å². The van der Waals surface area contributed by atoms with Crippen LogP contribution >= 0.6 is 0 Å². The van der Waals surface area contributed by atoms with E-state index in [-0.39, 0.29) is 18.0 Å². The fraction of sp³-hybridized carbons (Fsp3) is 0.188. The number of hydrazone groups is 1. The number of methoxy groups -OCH3 is 1. The molecule has 0 fully saturated rings. The largest absolute Gasteiger partial charge is 0.493 e. The molecule has 26 heavy (non-hydrogen) atoms. The van der Waals surface area contributed by atoms with Crippen molar-refractivity contribution < 1.29 is 32.3 Å². The highest BCUT2D eigenvalue weighted by Gasteiger charge is 2.13. The van der Waals surface area contributed by atoms with Gasteiger partial charge in [-0.3, -0.25) is 9.59 Å². The lowest BCUT2D eigenvalue weighted by atomic mass is 10.2. The Morgan fingerprint density at radius 1 is 1.27 bits per heavy atom. The molecule has 138 valence electrons. The predicted octanol–water partition coefficient (Wildman–Crippen LogP) is 1.66. The summed E-state index contributed by atoms with van der Waals surface area (Å²) in [5, 5.41) is 5.97. The van der Waals surface area contributed by atoms with Gasteiger partial charge in [-0.2, -0.15) is 13.9 Å². The number of carbonyl (C=O) groups is 2. The Balaban J connectivity index is 1.88. The van der Waals surface area contributed by atoms with Crippen molar-refractivity contribution in [1.82, 2.24) is 10.7 Å². The molecule has 0 saturated heterocycles. The highest BCUT2D eigenvalue weighted by molar-refractivity contribution is 6.35. The molecule has 0 atom stereocenters. The van der Waals surface area contributed by atoms with Crippen LogP contribution < -0.4 is 20.2 Å². The fourth-order valence-electron chi connectivity index (χ4n) is 1.83. The zero-order valence-corrected chi connectivity index (χ0v) is 13.6. The monoisotopic (exact) mass is 367 g/mol. The maximum atomic E-state index is 12.3. The smallest absolute Gasteiger partial charge is 0.387 e. The van der Waals surface area contributed by atoms with Gasteiger partial charge in [0.15, 0.2) is 11.5 Å². The molecular weight excluding hydrogens is 352 g/mol. The molecule has 8 nitrogen and oxygen atoms in total. The van der Waals surface area contributed by atoms with Crippen LogP contribution in [-0.2, 0) is 16.1 Å². The van der Waals surface area contributed by atoms with Crippen molar-refractivity contribution in [2.24, 2.45) is 5.10 Å². The first kappa shape index (κ1) is 18.9. The first-order valence-electron chi connectivity index (χ1n) is 7.26. The Hall–Kier alpha value is -3.43. The van der Waals surface area contributed by atoms with Crippen molar-refractivity contribution in [2.45, 2.75) is 13.2 Å². The molecule has 0 bridgehead atoms. The van der Waals surface area contributed by atoms with Gasteiger partial charge in [-0.05, 0) is 35.9 Å². The molecule has 0 aliphatic carbocycles. The number of hydrogen-bond acceptors (Lipinski definition) is 6. The van der Waals surface area contributed by atoms with E-state index in [1.165, 1.54) is 37.8 Å². The molecule has 1 aromatic heterocycles. The minimum atomic E-state index is -2.98. The first-order chi connectivity index (χ1) is 12.5. The molecule has 2 aromatic rings. The predicted molar refractivity (Wildman–Crippen MR) is 85.9 cm³/mol. The summed E-state index contributed by atoms with van der Waals surface area (Å²) in [5.74, 6) is -1.44. The van der Waals surface area contributed by atoms with E-state index in [1.807, 2.05) is 5.43 Å². The van der Waals surface area contributed by atoms with Crippen molar-refractivity contribution in [1.29, 1.82) is 0 Å². The second-order valence-corrected chi connectivity index (χ2v) is 4.75. The molecule has 2 amide bonds. The summed E-state index contributed by atoms with van der Waals surface area (Å²) in [6.07, 6.45) is 2.66. The van der Waals surface area contributed by atoms with Crippen molar-refractivity contribution in [3.63, 3.8) is 0 Å². The van der Waals surface area contributed by atoms with Crippen molar-refractivity contribution in [2.75, 3.05) is 7.11 Å². The molecular formula is C16H15F2N3O5. The molecule has 0 unspecified atom stereocenters. The van der Waals surface area contributed by atoms with E-state index >= 15 is 0 Å². The summed E-state index contributed by atoms with van der Waals surface area (Å²) >= 11 is 0. The number of alkyl halides is 2. The van der Waals surface area contributed by atoms with E-state index in [0.717, 1.165) is 0 Å². The highest BCUT2D eigenvalue weighted by atomic mass is 19.3. The van der Waals surface area contributed by atoms with Crippen LogP contribution in [0.25, 0.3) is 0 Å². The van der Waals surface area contributed by atoms with Gasteiger partial charge in [-0.1, -0.05) is 0 Å². The van der Waals surface area contributed by atoms with Crippen molar-refractivity contribution in [3.05, 3.63) is 47.9 Å². The van der Waals surface area contributed by atoms with Gasteiger partial charge < -0.3 is 19.2 Å². The third-order valence-electron chi connectivity index (χ3n) is 2.99. The van der Waals surface area contributed by atoms with Crippen LogP contribution in [0.5, 0.6) is 11.5 Å². The fourth-order valence-corrected chi connectivity index (χ4v) is 1.83. The van der Waals surface area contributed by atoms with Crippen LogP contribution in [0.1, 0.15) is 11.3 Å². The standard InChI is InChI=1S/C16H15F2N3O5/c1-24-13-7-10(4-5-12(13)26-16(17)18)8-20-21-15(23)14(22)19-9-11-3-2-6-25-11/h2-8,16H,9H2,1H3,(H,19,22)(H,21,23)/b20-8-. The minimum absolute atomic E-state index is 0.0613. The lowest BCUT2D eigenvalue weighted by Crippen LogP contribution is -2.37. The zero-order chi connectivity index (χ0) is 18.9. The number of rotatable bonds is 7. The van der Waals surface area contributed by atoms with Gasteiger partial charge in [0.25, 0.3) is 0 Å². The van der Waals surface area contributed by atoms with Crippen molar-refractivity contribution in [3.8, 4) is 11.5 Å². The van der Waals surface area contributed by atoms with Crippen LogP contribution in [-0.4, -0.2) is 31.8 Å². The van der Waals surface area contributed by atoms with E-state index < -0.39 is 18.4 Å². The van der Waals surface area contributed by atoms with E-state index in [2.05, 4.69) is 15.2 Å². The van der Waals surface area contributed by atoms with Crippen LogP contribution in [0.15, 0.2) is 46.1 Å². The molecule has 0 saturated carbocycles. The van der Waals surface area contributed by atoms with Gasteiger partial charge in [-0.25, -0.2) is 5.43 Å². The van der Waals surface area contributed by atoms with Gasteiger partial charge in [0.1, 0.15) is 5.76 Å². The Morgan fingerprint density at radius 3 is 2.73 bits per heavy atom. The SMILES string of the molecule is COc1cc(/C=N\NC(=O)C(=O)NCc2ccco2)ccc1OC(F)F. The van der Waals surface area contributed by atoms with Gasteiger partial charge in [0.05, 0.1) is 26.1 Å². The number of carbonyl (C=O) groups excluding carboxylic acids is 2. The average molecular weight is 367 g/mol. The van der Waals surface area contributed by atoms with E-state index in [1.54, 1.807) is 12.1 Å². The van der Waals surface area contributed by atoms with E-state index in [4.69, 9.17) is 9.15 Å². The normalized spacial score (nSPS) is 10.8. The second-order valence-electron chi connectivity index (χ2n) is 4.75. The number of benzene rings is 1. The topological polar surface area (TPSA) is 102 Å². The van der Waals surface area contributed by atoms with E-state index in [9.17, 15) is 18.4 Å². The van der Waals surface area contributed by atoms with Gasteiger partial charge in [0, 0.05) is 0 Å². The number of nitrogens with zero attached hydrogens (tertiary/aromatic N) is 1. The van der Waals surface area contributed by atoms with Gasteiger partial charge in [-0.15, -0.1) is 0 Å². The van der Waals surface area contributed by atoms with Crippen LogP contribution in [0.3, 0.4) is 0 Å². The molecule has 0 spiro atoms. The Labute approximate surface area is 146 Å². The first-order valence-corrected chi connectivity index (χ1v) is 7.26. The van der Waals surface area contributed by atoms with Gasteiger partial charge in [0.2, 0.25) is 0 Å². The molecule has 0 aliphatic rings. The molecule has 10 heteroatoms. The molecule has 1 heterocycles. The minimum Gasteiger partial charge on any atom is -0.493 e.